The Morgan fingerprint density at radius 3 is 2.88 bits per heavy atom. The highest BCUT2D eigenvalue weighted by Crippen LogP contribution is 2.39. The number of pyridine rings is 1. The van der Waals surface area contributed by atoms with E-state index in [-0.39, 0.29) is 17.2 Å². The number of carbonyl (C=O) groups is 2. The van der Waals surface area contributed by atoms with E-state index in [9.17, 15) is 9.59 Å². The van der Waals surface area contributed by atoms with Crippen LogP contribution >= 0.6 is 0 Å². The van der Waals surface area contributed by atoms with Crippen molar-refractivity contribution in [2.75, 3.05) is 31.9 Å². The average Bonchev–Trinajstić information content (AvgIpc) is 2.63. The lowest BCUT2D eigenvalue weighted by Crippen LogP contribution is -2.55. The Hall–Kier alpha value is -2.11. The van der Waals surface area contributed by atoms with E-state index >= 15 is 0 Å². The van der Waals surface area contributed by atoms with E-state index in [2.05, 4.69) is 11.9 Å². The highest BCUT2D eigenvalue weighted by molar-refractivity contribution is 5.94. The number of carbonyl (C=O) groups excluding carboxylic acids is 2. The lowest BCUT2D eigenvalue weighted by molar-refractivity contribution is -0.139. The van der Waals surface area contributed by atoms with Gasteiger partial charge in [-0.2, -0.15) is 0 Å². The molecular weight excluding hydrogens is 316 g/mol. The molecule has 6 heteroatoms. The van der Waals surface area contributed by atoms with Gasteiger partial charge in [0.25, 0.3) is 5.91 Å². The summed E-state index contributed by atoms with van der Waals surface area (Å²) in [6.45, 7) is 5.27. The number of anilines is 1. The quantitative estimate of drug-likeness (QED) is 0.909. The molecule has 3 heterocycles. The topological polar surface area (TPSA) is 79.5 Å². The molecule has 136 valence electrons. The molecule has 0 saturated carbocycles. The lowest BCUT2D eigenvalue weighted by atomic mass is 9.73. The van der Waals surface area contributed by atoms with Crippen molar-refractivity contribution in [3.8, 4) is 0 Å². The molecule has 2 fully saturated rings. The van der Waals surface area contributed by atoms with Gasteiger partial charge in [0.2, 0.25) is 5.91 Å². The predicted octanol–water partition coefficient (Wildman–Crippen LogP) is 2.31. The largest absolute Gasteiger partial charge is 0.384 e. The Kier molecular flexibility index (Phi) is 5.25. The highest BCUT2D eigenvalue weighted by Gasteiger charge is 2.42. The summed E-state index contributed by atoms with van der Waals surface area (Å²) in [7, 11) is 0. The van der Waals surface area contributed by atoms with E-state index in [0.29, 0.717) is 17.8 Å². The maximum absolute atomic E-state index is 12.8. The smallest absolute Gasteiger partial charge is 0.255 e. The van der Waals surface area contributed by atoms with Crippen LogP contribution in [0.25, 0.3) is 0 Å². The maximum atomic E-state index is 12.8. The van der Waals surface area contributed by atoms with Crippen LogP contribution in [0.2, 0.25) is 0 Å². The number of hydrogen-bond donors (Lipinski definition) is 1. The third-order valence-electron chi connectivity index (χ3n) is 5.51. The monoisotopic (exact) mass is 344 g/mol. The van der Waals surface area contributed by atoms with Crippen LogP contribution in [0.1, 0.15) is 55.8 Å². The summed E-state index contributed by atoms with van der Waals surface area (Å²) >= 11 is 0. The number of nitrogen functional groups attached to an aromatic ring is 1. The van der Waals surface area contributed by atoms with Crippen LogP contribution in [-0.2, 0) is 4.79 Å². The highest BCUT2D eigenvalue weighted by atomic mass is 16.2. The molecule has 3 rings (SSSR count). The standard InChI is InChI=1S/C19H28N4O2/c1-2-3-10-22-13-19(9-7-17(22)24)8-4-11-23(14-19)18(25)15-5-6-16(20)21-12-15/h5-6,12H,2-4,7-11,13-14H2,1H3,(H2,20,21)/t19-/m1/s1. The second-order valence-electron chi connectivity index (χ2n) is 7.47. The number of nitrogens with zero attached hydrogens (tertiary/aromatic N) is 3. The number of amides is 2. The van der Waals surface area contributed by atoms with Gasteiger partial charge in [-0.25, -0.2) is 4.98 Å². The van der Waals surface area contributed by atoms with Crippen LogP contribution in [0, 0.1) is 5.41 Å². The molecule has 0 aliphatic carbocycles. The molecule has 25 heavy (non-hydrogen) atoms. The van der Waals surface area contributed by atoms with Gasteiger partial charge in [0.1, 0.15) is 5.82 Å². The number of piperidine rings is 2. The summed E-state index contributed by atoms with van der Waals surface area (Å²) in [6, 6.07) is 3.41. The summed E-state index contributed by atoms with van der Waals surface area (Å²) in [4.78, 5) is 33.0. The fraction of sp³-hybridized carbons (Fsp3) is 0.632. The molecule has 0 aromatic carbocycles. The van der Waals surface area contributed by atoms with Gasteiger partial charge in [0.05, 0.1) is 5.56 Å². The molecule has 1 spiro atoms. The Morgan fingerprint density at radius 1 is 1.32 bits per heavy atom. The number of nitrogens with two attached hydrogens (primary N) is 1. The van der Waals surface area contributed by atoms with E-state index in [1.807, 2.05) is 9.80 Å². The Bertz CT molecular complexity index is 631. The number of likely N-dealkylation sites (tertiary alicyclic amines) is 2. The second-order valence-corrected chi connectivity index (χ2v) is 7.47. The molecule has 0 bridgehead atoms. The lowest BCUT2D eigenvalue weighted by Gasteiger charge is -2.48. The van der Waals surface area contributed by atoms with Gasteiger partial charge in [-0.05, 0) is 37.8 Å². The first kappa shape index (κ1) is 17.7. The first-order chi connectivity index (χ1) is 12.0. The zero-order valence-corrected chi connectivity index (χ0v) is 15.0. The van der Waals surface area contributed by atoms with Gasteiger partial charge in [-0.1, -0.05) is 13.3 Å². The third-order valence-corrected chi connectivity index (χ3v) is 5.51. The Balaban J connectivity index is 1.70. The van der Waals surface area contributed by atoms with Gasteiger partial charge in [0, 0.05) is 44.2 Å². The number of hydrogen-bond acceptors (Lipinski definition) is 4. The van der Waals surface area contributed by atoms with Crippen molar-refractivity contribution in [2.45, 2.75) is 45.4 Å². The first-order valence-electron chi connectivity index (χ1n) is 9.32. The first-order valence-corrected chi connectivity index (χ1v) is 9.32. The van der Waals surface area contributed by atoms with Crippen LogP contribution in [0.5, 0.6) is 0 Å². The van der Waals surface area contributed by atoms with E-state index in [1.165, 1.54) is 0 Å². The molecule has 6 nitrogen and oxygen atoms in total. The fourth-order valence-corrected chi connectivity index (χ4v) is 4.08. The normalized spacial score (nSPS) is 24.0. The molecule has 0 unspecified atom stereocenters. The van der Waals surface area contributed by atoms with E-state index in [1.54, 1.807) is 18.3 Å². The molecular formula is C19H28N4O2. The zero-order chi connectivity index (χ0) is 17.9. The predicted molar refractivity (Wildman–Crippen MR) is 96.9 cm³/mol. The number of rotatable bonds is 4. The van der Waals surface area contributed by atoms with Crippen molar-refractivity contribution in [1.82, 2.24) is 14.8 Å². The minimum atomic E-state index is 0.0172. The summed E-state index contributed by atoms with van der Waals surface area (Å²) in [6.07, 6.45) is 7.26. The molecule has 2 N–H and O–H groups in total. The zero-order valence-electron chi connectivity index (χ0n) is 15.0. The van der Waals surface area contributed by atoms with Crippen molar-refractivity contribution < 1.29 is 9.59 Å². The second kappa shape index (κ2) is 7.42. The molecule has 2 aliphatic heterocycles. The van der Waals surface area contributed by atoms with Crippen molar-refractivity contribution in [2.24, 2.45) is 5.41 Å². The van der Waals surface area contributed by atoms with Gasteiger partial charge in [-0.15, -0.1) is 0 Å². The van der Waals surface area contributed by atoms with E-state index < -0.39 is 0 Å². The minimum Gasteiger partial charge on any atom is -0.384 e. The SMILES string of the molecule is CCCCN1C[C@@]2(CCCN(C(=O)c3ccc(N)nc3)C2)CCC1=O. The molecule has 1 atom stereocenters. The van der Waals surface area contributed by atoms with Crippen LogP contribution in [-0.4, -0.2) is 52.8 Å². The third kappa shape index (κ3) is 3.94. The Labute approximate surface area is 149 Å². The summed E-state index contributed by atoms with van der Waals surface area (Å²) in [5.74, 6) is 0.706. The van der Waals surface area contributed by atoms with Crippen molar-refractivity contribution >= 4 is 17.6 Å². The van der Waals surface area contributed by atoms with Gasteiger partial charge in [-0.3, -0.25) is 9.59 Å². The van der Waals surface area contributed by atoms with Crippen molar-refractivity contribution in [3.05, 3.63) is 23.9 Å². The van der Waals surface area contributed by atoms with E-state index in [0.717, 1.165) is 58.3 Å². The molecule has 1 aromatic rings. The summed E-state index contributed by atoms with van der Waals surface area (Å²) < 4.78 is 0. The molecule has 2 aliphatic rings. The van der Waals surface area contributed by atoms with Crippen molar-refractivity contribution in [3.63, 3.8) is 0 Å². The van der Waals surface area contributed by atoms with Crippen molar-refractivity contribution in [1.29, 1.82) is 0 Å². The van der Waals surface area contributed by atoms with Gasteiger partial charge >= 0.3 is 0 Å². The van der Waals surface area contributed by atoms with Gasteiger partial charge < -0.3 is 15.5 Å². The van der Waals surface area contributed by atoms with Gasteiger partial charge in [0.15, 0.2) is 0 Å². The van der Waals surface area contributed by atoms with E-state index in [4.69, 9.17) is 5.73 Å². The van der Waals surface area contributed by atoms with Crippen LogP contribution in [0.3, 0.4) is 0 Å². The number of unbranched alkanes of at least 4 members (excludes halogenated alkanes) is 1. The Morgan fingerprint density at radius 2 is 2.16 bits per heavy atom. The van der Waals surface area contributed by atoms with Crippen LogP contribution < -0.4 is 5.73 Å². The van der Waals surface area contributed by atoms with Crippen LogP contribution in [0.15, 0.2) is 18.3 Å². The molecule has 1 aromatic heterocycles. The molecule has 0 radical (unpaired) electrons. The fourth-order valence-electron chi connectivity index (χ4n) is 4.08. The number of aromatic nitrogens is 1. The average molecular weight is 344 g/mol. The molecule has 2 saturated heterocycles. The summed E-state index contributed by atoms with van der Waals surface area (Å²) in [5.41, 5.74) is 6.25. The minimum absolute atomic E-state index is 0.0172. The molecule has 2 amide bonds. The maximum Gasteiger partial charge on any atom is 0.255 e. The van der Waals surface area contributed by atoms with Crippen LogP contribution in [0.4, 0.5) is 5.82 Å². The summed E-state index contributed by atoms with van der Waals surface area (Å²) in [5, 5.41) is 0.